The van der Waals surface area contributed by atoms with Gasteiger partial charge in [-0.25, -0.2) is 0 Å². The van der Waals surface area contributed by atoms with Crippen LogP contribution in [0.2, 0.25) is 0 Å². The van der Waals surface area contributed by atoms with Gasteiger partial charge in [-0.1, -0.05) is 20.3 Å². The average Bonchev–Trinajstić information content (AvgIpc) is 2.70. The first-order chi connectivity index (χ1) is 5.26. The van der Waals surface area contributed by atoms with E-state index in [-0.39, 0.29) is 0 Å². The van der Waals surface area contributed by atoms with Crippen molar-refractivity contribution in [1.29, 1.82) is 0 Å². The van der Waals surface area contributed by atoms with E-state index in [1.807, 2.05) is 0 Å². The van der Waals surface area contributed by atoms with Crippen LogP contribution in [0, 0.1) is 17.3 Å². The molecule has 0 nitrogen and oxygen atoms in total. The van der Waals surface area contributed by atoms with E-state index in [1.165, 1.54) is 12.8 Å². The summed E-state index contributed by atoms with van der Waals surface area (Å²) in [5, 5.41) is 0. The average molecular weight is 152 g/mol. The maximum atomic E-state index is 2.47. The lowest BCUT2D eigenvalue weighted by Gasteiger charge is -2.33. The smallest absolute Gasteiger partial charge is 0.0294 e. The van der Waals surface area contributed by atoms with Crippen molar-refractivity contribution in [3.63, 3.8) is 0 Å². The highest BCUT2D eigenvalue weighted by atomic mass is 14.5. The third-order valence-corrected chi connectivity index (χ3v) is 4.09. The quantitative estimate of drug-likeness (QED) is 0.538. The zero-order chi connectivity index (χ0) is 7.90. The van der Waals surface area contributed by atoms with Gasteiger partial charge in [-0.15, -0.1) is 0 Å². The molecule has 0 aromatic heterocycles. The summed E-state index contributed by atoms with van der Waals surface area (Å²) < 4.78 is 0. The highest BCUT2D eigenvalue weighted by Gasteiger charge is 2.46. The molecule has 0 heterocycles. The van der Waals surface area contributed by atoms with E-state index in [1.54, 1.807) is 25.7 Å². The Morgan fingerprint density at radius 3 is 2.45 bits per heavy atom. The van der Waals surface area contributed by atoms with Crippen molar-refractivity contribution in [2.75, 3.05) is 0 Å². The van der Waals surface area contributed by atoms with Crippen molar-refractivity contribution in [2.24, 2.45) is 17.3 Å². The lowest BCUT2D eigenvalue weighted by atomic mass is 9.72. The number of hydrogen-bond acceptors (Lipinski definition) is 0. The molecule has 2 saturated carbocycles. The highest BCUT2D eigenvalue weighted by Crippen LogP contribution is 2.58. The van der Waals surface area contributed by atoms with Crippen molar-refractivity contribution in [3.8, 4) is 0 Å². The number of rotatable bonds is 1. The first-order valence-electron chi connectivity index (χ1n) is 5.26. The SMILES string of the molecule is CC[C@@H]1CCC2(CC2)C[C@H]1C. The molecule has 2 aliphatic rings. The van der Waals surface area contributed by atoms with E-state index in [2.05, 4.69) is 13.8 Å². The lowest BCUT2D eigenvalue weighted by molar-refractivity contribution is 0.174. The second-order valence-corrected chi connectivity index (χ2v) is 4.89. The van der Waals surface area contributed by atoms with Gasteiger partial charge in [0.05, 0.1) is 0 Å². The summed E-state index contributed by atoms with van der Waals surface area (Å²) in [4.78, 5) is 0. The molecule has 0 bridgehead atoms. The fourth-order valence-electron chi connectivity index (χ4n) is 2.97. The normalized spacial score (nSPS) is 40.9. The van der Waals surface area contributed by atoms with Gasteiger partial charge in [0, 0.05) is 0 Å². The maximum absolute atomic E-state index is 2.47. The molecule has 0 aromatic carbocycles. The molecule has 0 N–H and O–H groups in total. The monoisotopic (exact) mass is 152 g/mol. The van der Waals surface area contributed by atoms with E-state index in [0.717, 1.165) is 17.3 Å². The largest absolute Gasteiger partial charge is 0.0651 e. The molecule has 0 amide bonds. The van der Waals surface area contributed by atoms with Crippen LogP contribution in [0.3, 0.4) is 0 Å². The molecule has 0 aliphatic heterocycles. The van der Waals surface area contributed by atoms with Crippen molar-refractivity contribution >= 4 is 0 Å². The summed E-state index contributed by atoms with van der Waals surface area (Å²) in [6.07, 6.45) is 9.14. The van der Waals surface area contributed by atoms with E-state index in [9.17, 15) is 0 Å². The van der Waals surface area contributed by atoms with Crippen molar-refractivity contribution in [3.05, 3.63) is 0 Å². The fourth-order valence-corrected chi connectivity index (χ4v) is 2.97. The van der Waals surface area contributed by atoms with Crippen LogP contribution in [0.15, 0.2) is 0 Å². The summed E-state index contributed by atoms with van der Waals surface area (Å²) in [5.74, 6) is 2.08. The van der Waals surface area contributed by atoms with Crippen molar-refractivity contribution in [1.82, 2.24) is 0 Å². The highest BCUT2D eigenvalue weighted by molar-refractivity contribution is 4.98. The second kappa shape index (κ2) is 2.50. The summed E-state index contributed by atoms with van der Waals surface area (Å²) >= 11 is 0. The molecule has 2 rings (SSSR count). The molecular formula is C11H20. The van der Waals surface area contributed by atoms with Gasteiger partial charge in [0.25, 0.3) is 0 Å². The molecular weight excluding hydrogens is 132 g/mol. The molecule has 64 valence electrons. The summed E-state index contributed by atoms with van der Waals surface area (Å²) in [6.45, 7) is 4.82. The Morgan fingerprint density at radius 1 is 1.27 bits per heavy atom. The minimum absolute atomic E-state index is 0.880. The molecule has 0 aromatic rings. The second-order valence-electron chi connectivity index (χ2n) is 4.89. The summed E-state index contributed by atoms with van der Waals surface area (Å²) in [6, 6.07) is 0. The summed E-state index contributed by atoms with van der Waals surface area (Å²) in [7, 11) is 0. The molecule has 2 fully saturated rings. The zero-order valence-corrected chi connectivity index (χ0v) is 7.90. The van der Waals surface area contributed by atoms with Gasteiger partial charge in [-0.3, -0.25) is 0 Å². The molecule has 2 atom stereocenters. The Hall–Kier alpha value is 0. The van der Waals surface area contributed by atoms with Gasteiger partial charge >= 0.3 is 0 Å². The van der Waals surface area contributed by atoms with Gasteiger partial charge in [0.2, 0.25) is 0 Å². The van der Waals surface area contributed by atoms with E-state index < -0.39 is 0 Å². The Labute approximate surface area is 70.4 Å². The maximum Gasteiger partial charge on any atom is -0.0294 e. The van der Waals surface area contributed by atoms with Crippen molar-refractivity contribution < 1.29 is 0 Å². The molecule has 11 heavy (non-hydrogen) atoms. The van der Waals surface area contributed by atoms with Gasteiger partial charge in [-0.05, 0) is 49.4 Å². The Morgan fingerprint density at radius 2 is 2.00 bits per heavy atom. The van der Waals surface area contributed by atoms with Crippen LogP contribution in [0.4, 0.5) is 0 Å². The Kier molecular flexibility index (Phi) is 1.74. The third kappa shape index (κ3) is 1.32. The van der Waals surface area contributed by atoms with Crippen LogP contribution in [0.1, 0.15) is 52.4 Å². The van der Waals surface area contributed by atoms with Crippen LogP contribution in [-0.2, 0) is 0 Å². The fraction of sp³-hybridized carbons (Fsp3) is 1.00. The van der Waals surface area contributed by atoms with Gasteiger partial charge in [0.15, 0.2) is 0 Å². The van der Waals surface area contributed by atoms with E-state index in [0.29, 0.717) is 0 Å². The predicted octanol–water partition coefficient (Wildman–Crippen LogP) is 3.61. The van der Waals surface area contributed by atoms with Crippen LogP contribution in [0.5, 0.6) is 0 Å². The topological polar surface area (TPSA) is 0 Å². The van der Waals surface area contributed by atoms with Crippen molar-refractivity contribution in [2.45, 2.75) is 52.4 Å². The molecule has 0 heteroatoms. The Balaban J connectivity index is 1.94. The van der Waals surface area contributed by atoms with Gasteiger partial charge < -0.3 is 0 Å². The molecule has 1 spiro atoms. The zero-order valence-electron chi connectivity index (χ0n) is 7.90. The molecule has 0 saturated heterocycles. The number of hydrogen-bond donors (Lipinski definition) is 0. The summed E-state index contributed by atoms with van der Waals surface area (Å²) in [5.41, 5.74) is 0.880. The molecule has 2 aliphatic carbocycles. The Bertz CT molecular complexity index is 144. The van der Waals surface area contributed by atoms with Crippen LogP contribution < -0.4 is 0 Å². The standard InChI is InChI=1S/C11H20/c1-3-10-4-5-11(6-7-11)8-9(10)2/h9-10H,3-8H2,1-2H3/t9-,10-/m1/s1. The first-order valence-corrected chi connectivity index (χ1v) is 5.26. The lowest BCUT2D eigenvalue weighted by Crippen LogP contribution is -2.23. The first kappa shape index (κ1) is 7.64. The van der Waals surface area contributed by atoms with Gasteiger partial charge in [-0.2, -0.15) is 0 Å². The predicted molar refractivity (Wildman–Crippen MR) is 48.5 cm³/mol. The van der Waals surface area contributed by atoms with Crippen LogP contribution >= 0.6 is 0 Å². The van der Waals surface area contributed by atoms with Gasteiger partial charge in [0.1, 0.15) is 0 Å². The minimum Gasteiger partial charge on any atom is -0.0651 e. The van der Waals surface area contributed by atoms with E-state index >= 15 is 0 Å². The minimum atomic E-state index is 0.880. The molecule has 0 radical (unpaired) electrons. The van der Waals surface area contributed by atoms with Crippen LogP contribution in [-0.4, -0.2) is 0 Å². The third-order valence-electron chi connectivity index (χ3n) is 4.09. The molecule has 0 unspecified atom stereocenters. The van der Waals surface area contributed by atoms with E-state index in [4.69, 9.17) is 0 Å². The van der Waals surface area contributed by atoms with Crippen LogP contribution in [0.25, 0.3) is 0 Å².